The number of benzene rings is 4. The van der Waals surface area contributed by atoms with Crippen molar-refractivity contribution in [2.45, 2.75) is 36.7 Å². The van der Waals surface area contributed by atoms with Crippen molar-refractivity contribution < 1.29 is 23.1 Å². The average molecular weight is 819 g/mol. The average Bonchev–Trinajstić information content (AvgIpc) is 4.03. The van der Waals surface area contributed by atoms with Crippen molar-refractivity contribution in [1.29, 1.82) is 0 Å². The van der Waals surface area contributed by atoms with E-state index < -0.39 is 46.4 Å². The molecule has 3 unspecified atom stereocenters. The number of sulfonamides is 1. The number of aromatic nitrogens is 3. The number of aromatic amines is 1. The van der Waals surface area contributed by atoms with Crippen molar-refractivity contribution in [1.82, 2.24) is 24.8 Å². The number of anilines is 1. The smallest absolute Gasteiger partial charge is 0.251 e. The maximum Gasteiger partial charge on any atom is 0.251 e. The summed E-state index contributed by atoms with van der Waals surface area (Å²) in [5.74, 6) is -1.58. The topological polar surface area (TPSA) is 149 Å². The number of nitrogens with zero attached hydrogens (tertiary/aromatic N) is 4. The number of likely N-dealkylation sites (N-methyl/N-ethyl adjacent to an activating group) is 1. The lowest BCUT2D eigenvalue weighted by molar-refractivity contribution is -0.120. The normalized spacial score (nSPS) is 13.4. The molecule has 0 saturated carbocycles. The van der Waals surface area contributed by atoms with E-state index in [4.69, 9.17) is 0 Å². The minimum atomic E-state index is -4.08. The molecule has 292 valence electrons. The van der Waals surface area contributed by atoms with Crippen LogP contribution in [0.3, 0.4) is 0 Å². The zero-order valence-electron chi connectivity index (χ0n) is 31.5. The number of fused-ring (bicyclic) bond motifs is 1. The quantitative estimate of drug-likeness (QED) is 0.0960. The standard InChI is InChI=1S/C43H42N6O5S3/c1-28(2)25-49(57(53,54)32-19-20-34-37(23-32)55-27-44-34)35(26-50)36-21-22-38(56-36)48(3)43(52)41(46-42(51)31-17-11-6-12-18-31)39(29-13-7-4-8-14-29)33-24-45-47-40(33)30-15-9-5-10-16-30/h4-24,27-28,35,39,41,50H,25-26H2,1-3H3,(H,45,47)(H,46,51). The van der Waals surface area contributed by atoms with E-state index in [-0.39, 0.29) is 17.4 Å². The second-order valence-corrected chi connectivity index (χ2v) is 17.9. The highest BCUT2D eigenvalue weighted by molar-refractivity contribution is 7.89. The summed E-state index contributed by atoms with van der Waals surface area (Å²) in [6.07, 6.45) is 1.76. The van der Waals surface area contributed by atoms with Gasteiger partial charge in [-0.05, 0) is 53.9 Å². The molecule has 2 amide bonds. The van der Waals surface area contributed by atoms with Crippen LogP contribution in [0.25, 0.3) is 21.5 Å². The fourth-order valence-corrected chi connectivity index (χ4v) is 10.6. The number of hydrogen-bond donors (Lipinski definition) is 3. The molecular weight excluding hydrogens is 777 g/mol. The van der Waals surface area contributed by atoms with Gasteiger partial charge in [0.15, 0.2) is 0 Å². The summed E-state index contributed by atoms with van der Waals surface area (Å²) in [6, 6.07) is 34.2. The predicted octanol–water partition coefficient (Wildman–Crippen LogP) is 7.72. The zero-order valence-corrected chi connectivity index (χ0v) is 34.0. The number of carbonyl (C=O) groups is 2. The van der Waals surface area contributed by atoms with Crippen LogP contribution in [-0.4, -0.2) is 71.1 Å². The van der Waals surface area contributed by atoms with Gasteiger partial charge in [0.05, 0.1) is 44.0 Å². The lowest BCUT2D eigenvalue weighted by atomic mass is 9.83. The van der Waals surface area contributed by atoms with Gasteiger partial charge in [0, 0.05) is 47.3 Å². The van der Waals surface area contributed by atoms with Gasteiger partial charge in [-0.15, -0.1) is 22.7 Å². The van der Waals surface area contributed by atoms with E-state index in [0.29, 0.717) is 32.2 Å². The highest BCUT2D eigenvalue weighted by Crippen LogP contribution is 2.39. The van der Waals surface area contributed by atoms with Gasteiger partial charge >= 0.3 is 0 Å². The van der Waals surface area contributed by atoms with Crippen LogP contribution < -0.4 is 10.2 Å². The molecule has 7 aromatic rings. The Hall–Kier alpha value is -5.51. The molecule has 0 aliphatic carbocycles. The van der Waals surface area contributed by atoms with Crippen LogP contribution in [0.5, 0.6) is 0 Å². The van der Waals surface area contributed by atoms with Crippen LogP contribution in [0.1, 0.15) is 52.2 Å². The summed E-state index contributed by atoms with van der Waals surface area (Å²) < 4.78 is 30.7. The van der Waals surface area contributed by atoms with Crippen molar-refractivity contribution in [2.75, 3.05) is 25.1 Å². The molecule has 0 spiro atoms. The number of hydrogen-bond acceptors (Lipinski definition) is 9. The molecule has 11 nitrogen and oxygen atoms in total. The van der Waals surface area contributed by atoms with Gasteiger partial charge < -0.3 is 15.3 Å². The van der Waals surface area contributed by atoms with Crippen LogP contribution >= 0.6 is 22.7 Å². The van der Waals surface area contributed by atoms with Crippen molar-refractivity contribution in [3.8, 4) is 11.3 Å². The van der Waals surface area contributed by atoms with Gasteiger partial charge in [0.1, 0.15) is 6.04 Å². The number of aliphatic hydroxyl groups excluding tert-OH is 1. The highest BCUT2D eigenvalue weighted by Gasteiger charge is 2.39. The van der Waals surface area contributed by atoms with Crippen LogP contribution in [0.2, 0.25) is 0 Å². The Bertz CT molecular complexity index is 2560. The van der Waals surface area contributed by atoms with E-state index >= 15 is 4.79 Å². The molecule has 3 atom stereocenters. The fourth-order valence-electron chi connectivity index (χ4n) is 6.90. The first kappa shape index (κ1) is 39.7. The van der Waals surface area contributed by atoms with E-state index in [2.05, 4.69) is 20.5 Å². The van der Waals surface area contributed by atoms with Crippen molar-refractivity contribution in [3.63, 3.8) is 0 Å². The van der Waals surface area contributed by atoms with Gasteiger partial charge in [-0.2, -0.15) is 9.40 Å². The van der Waals surface area contributed by atoms with Crippen LogP contribution in [0.15, 0.2) is 138 Å². The summed E-state index contributed by atoms with van der Waals surface area (Å²) in [7, 11) is -2.44. The van der Waals surface area contributed by atoms with E-state index in [1.54, 1.807) is 73.4 Å². The Labute approximate surface area is 339 Å². The van der Waals surface area contributed by atoms with Crippen LogP contribution in [-0.2, 0) is 14.8 Å². The molecule has 0 aliphatic rings. The number of aliphatic hydroxyl groups is 1. The monoisotopic (exact) mass is 818 g/mol. The maximum absolute atomic E-state index is 15.1. The number of carbonyl (C=O) groups excluding carboxylic acids is 2. The van der Waals surface area contributed by atoms with Gasteiger partial charge in [-0.1, -0.05) is 92.7 Å². The molecule has 0 aliphatic heterocycles. The number of amides is 2. The summed E-state index contributed by atoms with van der Waals surface area (Å²) >= 11 is 2.57. The Morgan fingerprint density at radius 1 is 0.895 bits per heavy atom. The molecule has 0 fully saturated rings. The van der Waals surface area contributed by atoms with E-state index in [1.165, 1.54) is 31.9 Å². The predicted molar refractivity (Wildman–Crippen MR) is 226 cm³/mol. The maximum atomic E-state index is 15.1. The molecule has 3 aromatic heterocycles. The first-order chi connectivity index (χ1) is 27.6. The number of nitrogens with one attached hydrogen (secondary N) is 2. The largest absolute Gasteiger partial charge is 0.394 e. The van der Waals surface area contributed by atoms with Gasteiger partial charge in [-0.3, -0.25) is 14.7 Å². The van der Waals surface area contributed by atoms with E-state index in [1.807, 2.05) is 80.6 Å². The molecule has 3 heterocycles. The third kappa shape index (κ3) is 8.46. The Kier molecular flexibility index (Phi) is 12.1. The van der Waals surface area contributed by atoms with E-state index in [9.17, 15) is 18.3 Å². The fraction of sp³-hybridized carbons (Fsp3) is 0.209. The Morgan fingerprint density at radius 3 is 2.26 bits per heavy atom. The first-order valence-electron chi connectivity index (χ1n) is 18.4. The molecule has 4 aromatic carbocycles. The molecule has 0 saturated heterocycles. The number of H-pyrrole nitrogens is 1. The molecular formula is C43H42N6O5S3. The molecule has 14 heteroatoms. The summed E-state index contributed by atoms with van der Waals surface area (Å²) in [5, 5.41) is 22.0. The van der Waals surface area contributed by atoms with Crippen molar-refractivity contribution in [3.05, 3.63) is 155 Å². The third-order valence-corrected chi connectivity index (χ3v) is 13.6. The SMILES string of the molecule is CC(C)CN(C(CO)c1ccc(N(C)C(=O)C(NC(=O)c2ccccc2)C(c2ccccc2)c2c[nH]nc2-c2ccccc2)s1)S(=O)(=O)c1ccc2ncsc2c1. The highest BCUT2D eigenvalue weighted by atomic mass is 32.2. The van der Waals surface area contributed by atoms with Crippen molar-refractivity contribution >= 4 is 59.7 Å². The number of thiazole rings is 1. The lowest BCUT2D eigenvalue weighted by Gasteiger charge is -2.31. The summed E-state index contributed by atoms with van der Waals surface area (Å²) in [4.78, 5) is 35.4. The Morgan fingerprint density at radius 2 is 1.58 bits per heavy atom. The minimum Gasteiger partial charge on any atom is -0.394 e. The number of thiophene rings is 1. The Balaban J connectivity index is 1.27. The first-order valence-corrected chi connectivity index (χ1v) is 21.5. The summed E-state index contributed by atoms with van der Waals surface area (Å²) in [5.41, 5.74) is 5.76. The summed E-state index contributed by atoms with van der Waals surface area (Å²) in [6.45, 7) is 3.51. The van der Waals surface area contributed by atoms with Crippen molar-refractivity contribution in [2.24, 2.45) is 5.92 Å². The minimum absolute atomic E-state index is 0.0581. The number of rotatable bonds is 15. The van der Waals surface area contributed by atoms with Gasteiger partial charge in [-0.25, -0.2) is 13.4 Å². The van der Waals surface area contributed by atoms with E-state index in [0.717, 1.165) is 15.8 Å². The van der Waals surface area contributed by atoms with Crippen LogP contribution in [0, 0.1) is 5.92 Å². The second kappa shape index (κ2) is 17.3. The van der Waals surface area contributed by atoms with Gasteiger partial charge in [0.25, 0.3) is 11.8 Å². The third-order valence-electron chi connectivity index (χ3n) is 9.71. The molecule has 7 rings (SSSR count). The van der Waals surface area contributed by atoms with Crippen LogP contribution in [0.4, 0.5) is 5.00 Å². The second-order valence-electron chi connectivity index (χ2n) is 14.0. The molecule has 0 bridgehead atoms. The lowest BCUT2D eigenvalue weighted by Crippen LogP contribution is -2.51. The van der Waals surface area contributed by atoms with Gasteiger partial charge in [0.2, 0.25) is 10.0 Å². The molecule has 57 heavy (non-hydrogen) atoms. The molecule has 3 N–H and O–H groups in total. The molecule has 0 radical (unpaired) electrons. The zero-order chi connectivity index (χ0) is 40.1.